The summed E-state index contributed by atoms with van der Waals surface area (Å²) in [6, 6.07) is 8.28. The summed E-state index contributed by atoms with van der Waals surface area (Å²) >= 11 is 6.81. The Bertz CT molecular complexity index is 272. The van der Waals surface area contributed by atoms with E-state index in [0.29, 0.717) is 0 Å². The molecule has 0 unspecified atom stereocenters. The van der Waals surface area contributed by atoms with Crippen LogP contribution in [0.3, 0.4) is 0 Å². The van der Waals surface area contributed by atoms with E-state index in [1.165, 1.54) is 11.1 Å². The lowest BCUT2D eigenvalue weighted by atomic mass is 10.2. The molecule has 0 nitrogen and oxygen atoms in total. The number of benzene rings is 1. The van der Waals surface area contributed by atoms with Gasteiger partial charge in [-0.25, -0.2) is 0 Å². The molecule has 0 radical (unpaired) electrons. The number of hydrogen-bond acceptors (Lipinski definition) is 0. The molecule has 0 aromatic heterocycles. The minimum Gasteiger partial charge on any atom is -0.0880 e. The first-order valence-electron chi connectivity index (χ1n) is 3.71. The Labute approximate surface area is 89.9 Å². The van der Waals surface area contributed by atoms with E-state index < -0.39 is 0 Å². The van der Waals surface area contributed by atoms with Gasteiger partial charge in [-0.2, -0.15) is 0 Å². The highest BCUT2D eigenvalue weighted by Gasteiger charge is 1.89. The van der Waals surface area contributed by atoms with Crippen LogP contribution in [-0.4, -0.2) is 5.33 Å². The van der Waals surface area contributed by atoms with Gasteiger partial charge in [0.15, 0.2) is 0 Å². The molecule has 0 fully saturated rings. The Hall–Kier alpha value is -0.0800. The predicted molar refractivity (Wildman–Crippen MR) is 61.6 cm³/mol. The lowest BCUT2D eigenvalue weighted by molar-refractivity contribution is 1.45. The average molecular weight is 290 g/mol. The maximum Gasteiger partial charge on any atom is 0.0242 e. The van der Waals surface area contributed by atoms with Crippen molar-refractivity contribution in [2.75, 3.05) is 5.33 Å². The van der Waals surface area contributed by atoms with E-state index in [0.717, 1.165) is 9.80 Å². The van der Waals surface area contributed by atoms with Gasteiger partial charge in [0.2, 0.25) is 0 Å². The van der Waals surface area contributed by atoms with Crippen molar-refractivity contribution in [3.05, 3.63) is 39.9 Å². The molecule has 12 heavy (non-hydrogen) atoms. The van der Waals surface area contributed by atoms with Crippen molar-refractivity contribution in [1.29, 1.82) is 0 Å². The number of allylic oxidation sites excluding steroid dienone is 1. The second-order valence-corrected chi connectivity index (χ2v) is 4.15. The summed E-state index contributed by atoms with van der Waals surface area (Å²) in [6.45, 7) is 2.11. The zero-order valence-electron chi connectivity index (χ0n) is 6.85. The molecule has 0 aliphatic heterocycles. The Morgan fingerprint density at radius 2 is 1.92 bits per heavy atom. The zero-order chi connectivity index (χ0) is 8.97. The molecule has 0 saturated carbocycles. The molecule has 0 saturated heterocycles. The number of halogens is 2. The van der Waals surface area contributed by atoms with Gasteiger partial charge in [0.05, 0.1) is 0 Å². The van der Waals surface area contributed by atoms with Gasteiger partial charge in [0.25, 0.3) is 0 Å². The van der Waals surface area contributed by atoms with Gasteiger partial charge >= 0.3 is 0 Å². The molecule has 0 aliphatic carbocycles. The van der Waals surface area contributed by atoms with Crippen LogP contribution in [0.2, 0.25) is 0 Å². The quantitative estimate of drug-likeness (QED) is 0.714. The van der Waals surface area contributed by atoms with Crippen LogP contribution in [0.15, 0.2) is 34.3 Å². The van der Waals surface area contributed by atoms with Crippen LogP contribution >= 0.6 is 31.9 Å². The van der Waals surface area contributed by atoms with Crippen LogP contribution in [0.25, 0.3) is 6.08 Å². The average Bonchev–Trinajstić information content (AvgIpc) is 2.09. The maximum absolute atomic E-state index is 3.41. The van der Waals surface area contributed by atoms with Crippen LogP contribution in [-0.2, 0) is 0 Å². The van der Waals surface area contributed by atoms with Crippen LogP contribution in [0.1, 0.15) is 12.5 Å². The Kier molecular flexibility index (Phi) is 4.02. The third-order valence-electron chi connectivity index (χ3n) is 1.49. The van der Waals surface area contributed by atoms with E-state index in [2.05, 4.69) is 57.0 Å². The molecule has 0 aliphatic rings. The molecule has 0 N–H and O–H groups in total. The van der Waals surface area contributed by atoms with Gasteiger partial charge in [0.1, 0.15) is 0 Å². The monoisotopic (exact) mass is 288 g/mol. The second-order valence-electron chi connectivity index (χ2n) is 2.68. The molecule has 0 heterocycles. The van der Waals surface area contributed by atoms with Crippen molar-refractivity contribution in [1.82, 2.24) is 0 Å². The van der Waals surface area contributed by atoms with Crippen molar-refractivity contribution >= 4 is 37.9 Å². The summed E-state index contributed by atoms with van der Waals surface area (Å²) < 4.78 is 1.12. The van der Waals surface area contributed by atoms with Gasteiger partial charge in [0, 0.05) is 9.80 Å². The number of rotatable bonds is 2. The topological polar surface area (TPSA) is 0 Å². The fourth-order valence-corrected chi connectivity index (χ4v) is 1.31. The van der Waals surface area contributed by atoms with Gasteiger partial charge in [-0.05, 0) is 24.6 Å². The summed E-state index contributed by atoms with van der Waals surface area (Å²) in [5, 5.41) is 0.934. The molecule has 64 valence electrons. The highest BCUT2D eigenvalue weighted by atomic mass is 79.9. The Morgan fingerprint density at radius 1 is 1.33 bits per heavy atom. The third kappa shape index (κ3) is 3.11. The molecule has 1 aromatic carbocycles. The lowest BCUT2D eigenvalue weighted by Gasteiger charge is -1.96. The highest BCUT2D eigenvalue weighted by molar-refractivity contribution is 9.10. The predicted octanol–water partition coefficient (Wildman–Crippen LogP) is 4.25. The van der Waals surface area contributed by atoms with Gasteiger partial charge < -0.3 is 0 Å². The highest BCUT2D eigenvalue weighted by Crippen LogP contribution is 2.13. The van der Waals surface area contributed by atoms with Crippen molar-refractivity contribution < 1.29 is 0 Å². The Balaban J connectivity index is 2.84. The molecule has 0 amide bonds. The largest absolute Gasteiger partial charge is 0.0880 e. The SMILES string of the molecule is C/C(=C/c1ccc(Br)cc1)CBr. The molecule has 1 aromatic rings. The fourth-order valence-electron chi connectivity index (χ4n) is 0.882. The summed E-state index contributed by atoms with van der Waals surface area (Å²) in [4.78, 5) is 0. The van der Waals surface area contributed by atoms with Gasteiger partial charge in [-0.15, -0.1) is 0 Å². The molecule has 0 bridgehead atoms. The van der Waals surface area contributed by atoms with Crippen LogP contribution < -0.4 is 0 Å². The van der Waals surface area contributed by atoms with Crippen LogP contribution in [0.5, 0.6) is 0 Å². The molecular formula is C10H10Br2. The van der Waals surface area contributed by atoms with E-state index in [4.69, 9.17) is 0 Å². The Morgan fingerprint density at radius 3 is 2.42 bits per heavy atom. The lowest BCUT2D eigenvalue weighted by Crippen LogP contribution is -1.77. The van der Waals surface area contributed by atoms with Crippen molar-refractivity contribution in [2.45, 2.75) is 6.92 Å². The zero-order valence-corrected chi connectivity index (χ0v) is 10.0. The van der Waals surface area contributed by atoms with Crippen molar-refractivity contribution in [2.24, 2.45) is 0 Å². The fraction of sp³-hybridized carbons (Fsp3) is 0.200. The van der Waals surface area contributed by atoms with E-state index in [-0.39, 0.29) is 0 Å². The first-order valence-corrected chi connectivity index (χ1v) is 5.62. The van der Waals surface area contributed by atoms with E-state index in [1.54, 1.807) is 0 Å². The first kappa shape index (κ1) is 10.0. The molecule has 0 spiro atoms. The van der Waals surface area contributed by atoms with Gasteiger partial charge in [-0.3, -0.25) is 0 Å². The van der Waals surface area contributed by atoms with E-state index in [1.807, 2.05) is 12.1 Å². The summed E-state index contributed by atoms with van der Waals surface area (Å²) in [5.74, 6) is 0. The molecule has 1 rings (SSSR count). The third-order valence-corrected chi connectivity index (χ3v) is 2.91. The maximum atomic E-state index is 3.41. The second kappa shape index (κ2) is 4.83. The number of alkyl halides is 1. The van der Waals surface area contributed by atoms with Crippen molar-refractivity contribution in [3.8, 4) is 0 Å². The van der Waals surface area contributed by atoms with Crippen LogP contribution in [0, 0.1) is 0 Å². The molecular weight excluding hydrogens is 280 g/mol. The minimum absolute atomic E-state index is 0.934. The van der Waals surface area contributed by atoms with E-state index in [9.17, 15) is 0 Å². The molecule has 0 atom stereocenters. The standard InChI is InChI=1S/C10H10Br2/c1-8(7-11)6-9-2-4-10(12)5-3-9/h2-6H,7H2,1H3/b8-6-. The normalized spacial score (nSPS) is 11.8. The smallest absolute Gasteiger partial charge is 0.0242 e. The minimum atomic E-state index is 0.934. The summed E-state index contributed by atoms with van der Waals surface area (Å²) in [5.41, 5.74) is 2.58. The summed E-state index contributed by atoms with van der Waals surface area (Å²) in [6.07, 6.45) is 2.17. The van der Waals surface area contributed by atoms with E-state index >= 15 is 0 Å². The molecule has 2 heteroatoms. The van der Waals surface area contributed by atoms with Crippen molar-refractivity contribution in [3.63, 3.8) is 0 Å². The number of hydrogen-bond donors (Lipinski definition) is 0. The van der Waals surface area contributed by atoms with Crippen LogP contribution in [0.4, 0.5) is 0 Å². The van der Waals surface area contributed by atoms with Gasteiger partial charge in [-0.1, -0.05) is 55.6 Å². The summed E-state index contributed by atoms with van der Waals surface area (Å²) in [7, 11) is 0. The first-order chi connectivity index (χ1) is 5.72.